The Morgan fingerprint density at radius 3 is 2.81 bits per heavy atom. The Balaban J connectivity index is 2.31. The van der Waals surface area contributed by atoms with Gasteiger partial charge < -0.3 is 4.74 Å². The van der Waals surface area contributed by atoms with E-state index in [0.717, 1.165) is 0 Å². The molecule has 1 radical (unpaired) electrons. The smallest absolute Gasteiger partial charge is 0.145 e. The number of halogens is 1. The summed E-state index contributed by atoms with van der Waals surface area (Å²) in [6.07, 6.45) is 0. The average Bonchev–Trinajstić information content (AvgIpc) is 2.30. The predicted molar refractivity (Wildman–Crippen MR) is 61.5 cm³/mol. The van der Waals surface area contributed by atoms with E-state index in [1.54, 1.807) is 36.4 Å². The molecular formula is C13H7ClNO. The molecule has 0 saturated heterocycles. The van der Waals surface area contributed by atoms with Gasteiger partial charge in [0.1, 0.15) is 17.6 Å². The first-order valence-corrected chi connectivity index (χ1v) is 5.01. The molecule has 0 fully saturated rings. The van der Waals surface area contributed by atoms with Gasteiger partial charge in [0.05, 0.1) is 10.6 Å². The Morgan fingerprint density at radius 2 is 2.06 bits per heavy atom. The van der Waals surface area contributed by atoms with Gasteiger partial charge in [0.15, 0.2) is 0 Å². The fraction of sp³-hybridized carbons (Fsp3) is 0. The lowest BCUT2D eigenvalue weighted by Gasteiger charge is -2.06. The molecule has 3 heteroatoms. The van der Waals surface area contributed by atoms with E-state index in [-0.39, 0.29) is 0 Å². The number of rotatable bonds is 2. The quantitative estimate of drug-likeness (QED) is 0.783. The molecule has 0 aromatic heterocycles. The van der Waals surface area contributed by atoms with Crippen LogP contribution in [0.25, 0.3) is 0 Å². The van der Waals surface area contributed by atoms with Gasteiger partial charge in [0.25, 0.3) is 0 Å². The minimum absolute atomic E-state index is 0.479. The van der Waals surface area contributed by atoms with E-state index >= 15 is 0 Å². The average molecular weight is 229 g/mol. The molecule has 2 aromatic carbocycles. The highest BCUT2D eigenvalue weighted by Gasteiger charge is 2.03. The standard InChI is InChI=1S/C13H7ClNO/c14-11-5-3-6-12(8-11)16-13-7-2-1-4-10(13)9-15/h1-4,6-8H. The van der Waals surface area contributed by atoms with Crippen LogP contribution in [-0.4, -0.2) is 0 Å². The topological polar surface area (TPSA) is 33.0 Å². The van der Waals surface area contributed by atoms with Gasteiger partial charge in [-0.25, -0.2) is 0 Å². The molecular weight excluding hydrogens is 222 g/mol. The van der Waals surface area contributed by atoms with Crippen molar-refractivity contribution in [3.05, 3.63) is 59.1 Å². The number of hydrogen-bond donors (Lipinski definition) is 0. The number of nitriles is 1. The normalized spacial score (nSPS) is 9.50. The molecule has 0 atom stereocenters. The van der Waals surface area contributed by atoms with Gasteiger partial charge in [-0.2, -0.15) is 5.26 Å². The second-order valence-corrected chi connectivity index (χ2v) is 3.49. The third-order valence-electron chi connectivity index (χ3n) is 1.97. The molecule has 2 nitrogen and oxygen atoms in total. The summed E-state index contributed by atoms with van der Waals surface area (Å²) in [4.78, 5) is 0. The largest absolute Gasteiger partial charge is 0.456 e. The monoisotopic (exact) mass is 228 g/mol. The molecule has 0 aliphatic rings. The van der Waals surface area contributed by atoms with Crippen LogP contribution in [-0.2, 0) is 0 Å². The van der Waals surface area contributed by atoms with Crippen molar-refractivity contribution in [1.29, 1.82) is 5.26 Å². The molecule has 0 spiro atoms. The van der Waals surface area contributed by atoms with E-state index in [1.165, 1.54) is 0 Å². The Kier molecular flexibility index (Phi) is 3.09. The summed E-state index contributed by atoms with van der Waals surface area (Å²) in [7, 11) is 0. The van der Waals surface area contributed by atoms with E-state index < -0.39 is 0 Å². The van der Waals surface area contributed by atoms with Crippen molar-refractivity contribution < 1.29 is 4.74 Å². The number of hydrogen-bond acceptors (Lipinski definition) is 2. The summed E-state index contributed by atoms with van der Waals surface area (Å²) in [5, 5.41) is 9.37. The van der Waals surface area contributed by atoms with E-state index in [1.807, 2.05) is 6.07 Å². The van der Waals surface area contributed by atoms with Crippen LogP contribution in [0.5, 0.6) is 11.5 Å². The lowest BCUT2D eigenvalue weighted by molar-refractivity contribution is 0.481. The van der Waals surface area contributed by atoms with Crippen molar-refractivity contribution in [3.8, 4) is 17.6 Å². The molecule has 0 saturated carbocycles. The van der Waals surface area contributed by atoms with Crippen LogP contribution in [0.15, 0.2) is 42.5 Å². The zero-order chi connectivity index (χ0) is 11.4. The van der Waals surface area contributed by atoms with E-state index in [0.29, 0.717) is 22.1 Å². The van der Waals surface area contributed by atoms with E-state index in [4.69, 9.17) is 21.6 Å². The first kappa shape index (κ1) is 10.5. The minimum atomic E-state index is 0.479. The SMILES string of the molecule is N#Cc1ccccc1Oc1cc[c]c(Cl)c1. The van der Waals surface area contributed by atoms with Gasteiger partial charge in [-0.3, -0.25) is 0 Å². The molecule has 0 unspecified atom stereocenters. The van der Waals surface area contributed by atoms with Crippen molar-refractivity contribution in [2.24, 2.45) is 0 Å². The maximum Gasteiger partial charge on any atom is 0.145 e. The maximum absolute atomic E-state index is 8.89. The summed E-state index contributed by atoms with van der Waals surface area (Å²) in [5.41, 5.74) is 0.492. The van der Waals surface area contributed by atoms with Crippen LogP contribution >= 0.6 is 11.6 Å². The lowest BCUT2D eigenvalue weighted by Crippen LogP contribution is -1.87. The predicted octanol–water partition coefficient (Wildman–Crippen LogP) is 3.80. The van der Waals surface area contributed by atoms with Gasteiger partial charge in [-0.05, 0) is 24.3 Å². The fourth-order valence-corrected chi connectivity index (χ4v) is 1.43. The molecule has 0 N–H and O–H groups in total. The van der Waals surface area contributed by atoms with Crippen molar-refractivity contribution in [1.82, 2.24) is 0 Å². The van der Waals surface area contributed by atoms with Crippen LogP contribution < -0.4 is 4.74 Å². The number of para-hydroxylation sites is 1. The van der Waals surface area contributed by atoms with Crippen LogP contribution in [0, 0.1) is 17.4 Å². The van der Waals surface area contributed by atoms with Gasteiger partial charge in [-0.15, -0.1) is 0 Å². The first-order chi connectivity index (χ1) is 7.79. The number of nitrogens with zero attached hydrogens (tertiary/aromatic N) is 1. The summed E-state index contributed by atoms with van der Waals surface area (Å²) >= 11 is 5.78. The summed E-state index contributed by atoms with van der Waals surface area (Å²) in [6, 6.07) is 17.0. The van der Waals surface area contributed by atoms with Crippen LogP contribution in [0.4, 0.5) is 0 Å². The van der Waals surface area contributed by atoms with E-state index in [2.05, 4.69) is 12.1 Å². The van der Waals surface area contributed by atoms with Crippen molar-refractivity contribution in [2.75, 3.05) is 0 Å². The molecule has 2 aromatic rings. The second kappa shape index (κ2) is 4.69. The second-order valence-electron chi connectivity index (χ2n) is 3.08. The van der Waals surface area contributed by atoms with Gasteiger partial charge in [0.2, 0.25) is 0 Å². The highest BCUT2D eigenvalue weighted by Crippen LogP contribution is 2.26. The van der Waals surface area contributed by atoms with Crippen molar-refractivity contribution in [2.45, 2.75) is 0 Å². The lowest BCUT2D eigenvalue weighted by atomic mass is 10.2. The molecule has 16 heavy (non-hydrogen) atoms. The summed E-state index contributed by atoms with van der Waals surface area (Å²) in [6.45, 7) is 0. The third-order valence-corrected chi connectivity index (χ3v) is 2.19. The molecule has 0 aliphatic carbocycles. The highest BCUT2D eigenvalue weighted by atomic mass is 35.5. The van der Waals surface area contributed by atoms with E-state index in [9.17, 15) is 0 Å². The van der Waals surface area contributed by atoms with Crippen LogP contribution in [0.2, 0.25) is 5.02 Å². The Labute approximate surface area is 98.7 Å². The Bertz CT molecular complexity index is 546. The molecule has 77 valence electrons. The molecule has 0 amide bonds. The molecule has 0 bridgehead atoms. The zero-order valence-corrected chi connectivity index (χ0v) is 9.03. The van der Waals surface area contributed by atoms with Gasteiger partial charge >= 0.3 is 0 Å². The third kappa shape index (κ3) is 2.33. The first-order valence-electron chi connectivity index (χ1n) is 4.64. The number of ether oxygens (including phenoxy) is 1. The zero-order valence-electron chi connectivity index (χ0n) is 8.27. The summed E-state index contributed by atoms with van der Waals surface area (Å²) in [5.74, 6) is 1.11. The van der Waals surface area contributed by atoms with Crippen molar-refractivity contribution >= 4 is 11.6 Å². The van der Waals surface area contributed by atoms with Crippen molar-refractivity contribution in [3.63, 3.8) is 0 Å². The Hall–Kier alpha value is -1.98. The fourth-order valence-electron chi connectivity index (χ4n) is 1.26. The highest BCUT2D eigenvalue weighted by molar-refractivity contribution is 6.30. The van der Waals surface area contributed by atoms with Gasteiger partial charge in [-0.1, -0.05) is 23.7 Å². The van der Waals surface area contributed by atoms with Gasteiger partial charge in [0, 0.05) is 12.1 Å². The summed E-state index contributed by atoms with van der Waals surface area (Å²) < 4.78 is 5.55. The maximum atomic E-state index is 8.89. The molecule has 2 rings (SSSR count). The Morgan fingerprint density at radius 1 is 1.25 bits per heavy atom. The molecule has 0 aliphatic heterocycles. The minimum Gasteiger partial charge on any atom is -0.456 e. The number of benzene rings is 2. The van der Waals surface area contributed by atoms with Crippen LogP contribution in [0.3, 0.4) is 0 Å². The molecule has 0 heterocycles. The van der Waals surface area contributed by atoms with Crippen LogP contribution in [0.1, 0.15) is 5.56 Å².